The molecule has 208 valence electrons. The summed E-state index contributed by atoms with van der Waals surface area (Å²) in [4.78, 5) is 27.8. The molecule has 0 radical (unpaired) electrons. The van der Waals surface area contributed by atoms with Gasteiger partial charge in [0.25, 0.3) is 0 Å². The predicted octanol–water partition coefficient (Wildman–Crippen LogP) is 4.47. The Morgan fingerprint density at radius 3 is 2.59 bits per heavy atom. The average Bonchev–Trinajstić information content (AvgIpc) is 3.17. The highest BCUT2D eigenvalue weighted by Crippen LogP contribution is 2.46. The number of amides is 2. The normalized spacial score (nSPS) is 22.3. The standard InChI is InChI=1S/C31H36FNO6/c1-3-13-33-30(37)23-16-21(18-39-22-7-5-4-6-8-22)28(24(17-34)29(23)31(33)38)27(36)11-9-19(2)14-20-10-12-26(35)25(32)15-20/h4-8,10,12,14-15,23-24,27,29,34-36H,3,9,11,13,16-18H2,1-2H3/b19-14+/t23-,24+,27-,29-/m1/s1. The molecule has 0 bridgehead atoms. The Bertz CT molecular complexity index is 1260. The van der Waals surface area contributed by atoms with Crippen molar-refractivity contribution in [2.24, 2.45) is 17.8 Å². The van der Waals surface area contributed by atoms with Gasteiger partial charge in [0, 0.05) is 12.5 Å². The third-order valence-electron chi connectivity index (χ3n) is 7.63. The van der Waals surface area contributed by atoms with E-state index in [9.17, 15) is 29.3 Å². The molecule has 2 aliphatic rings. The van der Waals surface area contributed by atoms with Crippen molar-refractivity contribution in [2.75, 3.05) is 19.8 Å². The lowest BCUT2D eigenvalue weighted by Crippen LogP contribution is -2.40. The van der Waals surface area contributed by atoms with Gasteiger partial charge >= 0.3 is 0 Å². The number of nitrogens with zero attached hydrogens (tertiary/aromatic N) is 1. The molecule has 7 nitrogen and oxygen atoms in total. The molecular formula is C31H36FNO6. The molecule has 0 aromatic heterocycles. The number of carbonyl (C=O) groups is 2. The van der Waals surface area contributed by atoms with Crippen LogP contribution in [0.25, 0.3) is 6.08 Å². The zero-order valence-electron chi connectivity index (χ0n) is 22.3. The van der Waals surface area contributed by atoms with Crippen molar-refractivity contribution in [3.8, 4) is 11.5 Å². The fourth-order valence-corrected chi connectivity index (χ4v) is 5.78. The fraction of sp³-hybridized carbons (Fsp3) is 0.419. The Labute approximate surface area is 228 Å². The first-order chi connectivity index (χ1) is 18.7. The third-order valence-corrected chi connectivity index (χ3v) is 7.63. The second-order valence-corrected chi connectivity index (χ2v) is 10.4. The van der Waals surface area contributed by atoms with Gasteiger partial charge in [-0.2, -0.15) is 0 Å². The number of hydrogen-bond acceptors (Lipinski definition) is 6. The number of aliphatic hydroxyl groups excluding tert-OH is 2. The fourth-order valence-electron chi connectivity index (χ4n) is 5.78. The summed E-state index contributed by atoms with van der Waals surface area (Å²) in [7, 11) is 0. The Morgan fingerprint density at radius 2 is 1.92 bits per heavy atom. The lowest BCUT2D eigenvalue weighted by Gasteiger charge is -2.36. The SMILES string of the molecule is CCCN1C(=O)[C@@H]2[C@@H](CC(COc3ccccc3)=C([C@H](O)CC/C(C)=C/c3ccc(O)c(F)c3)[C@@H]2CO)C1=O. The number of aliphatic hydroxyl groups is 2. The van der Waals surface area contributed by atoms with Gasteiger partial charge in [0.15, 0.2) is 11.6 Å². The van der Waals surface area contributed by atoms with Crippen LogP contribution in [0.3, 0.4) is 0 Å². The summed E-state index contributed by atoms with van der Waals surface area (Å²) < 4.78 is 19.7. The van der Waals surface area contributed by atoms with E-state index < -0.39 is 35.4 Å². The number of likely N-dealkylation sites (tertiary alicyclic amines) is 1. The molecule has 1 heterocycles. The van der Waals surface area contributed by atoms with Crippen LogP contribution in [-0.4, -0.2) is 57.9 Å². The molecule has 2 amide bonds. The van der Waals surface area contributed by atoms with Crippen molar-refractivity contribution < 1.29 is 34.0 Å². The molecule has 1 saturated heterocycles. The Morgan fingerprint density at radius 1 is 1.18 bits per heavy atom. The van der Waals surface area contributed by atoms with Crippen molar-refractivity contribution in [2.45, 2.75) is 45.6 Å². The number of phenolic OH excluding ortho intramolecular Hbond substituents is 1. The number of para-hydroxylation sites is 1. The smallest absolute Gasteiger partial charge is 0.233 e. The monoisotopic (exact) mass is 537 g/mol. The van der Waals surface area contributed by atoms with Gasteiger partial charge in [0.1, 0.15) is 12.4 Å². The van der Waals surface area contributed by atoms with Crippen LogP contribution in [0, 0.1) is 23.6 Å². The molecule has 0 saturated carbocycles. The molecule has 0 unspecified atom stereocenters. The van der Waals surface area contributed by atoms with Crippen molar-refractivity contribution in [3.63, 3.8) is 0 Å². The average molecular weight is 538 g/mol. The van der Waals surface area contributed by atoms with Gasteiger partial charge in [-0.3, -0.25) is 14.5 Å². The van der Waals surface area contributed by atoms with Gasteiger partial charge < -0.3 is 20.1 Å². The molecule has 4 rings (SSSR count). The maximum Gasteiger partial charge on any atom is 0.233 e. The maximum atomic E-state index is 13.7. The van der Waals surface area contributed by atoms with E-state index in [0.717, 1.165) is 11.1 Å². The molecule has 4 atom stereocenters. The number of rotatable bonds is 11. The molecule has 0 spiro atoms. The van der Waals surface area contributed by atoms with E-state index in [2.05, 4.69) is 0 Å². The summed E-state index contributed by atoms with van der Waals surface area (Å²) in [5, 5.41) is 31.3. The van der Waals surface area contributed by atoms with Gasteiger partial charge in [-0.15, -0.1) is 0 Å². The number of imide groups is 1. The van der Waals surface area contributed by atoms with Crippen molar-refractivity contribution in [1.82, 2.24) is 4.90 Å². The van der Waals surface area contributed by atoms with Crippen molar-refractivity contribution in [3.05, 3.63) is 76.6 Å². The number of hydrogen-bond donors (Lipinski definition) is 3. The van der Waals surface area contributed by atoms with Crippen LogP contribution < -0.4 is 4.74 Å². The van der Waals surface area contributed by atoms with Gasteiger partial charge in [0.2, 0.25) is 11.8 Å². The van der Waals surface area contributed by atoms with Crippen LogP contribution in [0.2, 0.25) is 0 Å². The van der Waals surface area contributed by atoms with Gasteiger partial charge in [0.05, 0.1) is 24.5 Å². The number of ether oxygens (including phenoxy) is 1. The summed E-state index contributed by atoms with van der Waals surface area (Å²) >= 11 is 0. The topological polar surface area (TPSA) is 107 Å². The molecule has 1 aliphatic carbocycles. The van der Waals surface area contributed by atoms with E-state index in [1.807, 2.05) is 44.2 Å². The van der Waals surface area contributed by atoms with Crippen LogP contribution in [0.1, 0.15) is 45.1 Å². The molecule has 1 fully saturated rings. The number of halogens is 1. The number of benzene rings is 2. The number of phenols is 1. The van der Waals surface area contributed by atoms with E-state index in [4.69, 9.17) is 4.74 Å². The van der Waals surface area contributed by atoms with E-state index in [1.165, 1.54) is 17.0 Å². The van der Waals surface area contributed by atoms with Crippen molar-refractivity contribution >= 4 is 17.9 Å². The molecular weight excluding hydrogens is 501 g/mol. The summed E-state index contributed by atoms with van der Waals surface area (Å²) in [6.45, 7) is 3.86. The lowest BCUT2D eigenvalue weighted by molar-refractivity contribution is -0.140. The Balaban J connectivity index is 1.60. The highest BCUT2D eigenvalue weighted by atomic mass is 19.1. The van der Waals surface area contributed by atoms with Crippen LogP contribution in [-0.2, 0) is 9.59 Å². The number of aromatic hydroxyl groups is 1. The highest BCUT2D eigenvalue weighted by molar-refractivity contribution is 6.05. The van der Waals surface area contributed by atoms with E-state index >= 15 is 0 Å². The maximum absolute atomic E-state index is 13.7. The number of carbonyl (C=O) groups excluding carboxylic acids is 2. The van der Waals surface area contributed by atoms with E-state index in [-0.39, 0.29) is 31.4 Å². The molecule has 39 heavy (non-hydrogen) atoms. The van der Waals surface area contributed by atoms with Crippen molar-refractivity contribution in [1.29, 1.82) is 0 Å². The zero-order valence-corrected chi connectivity index (χ0v) is 22.3. The minimum atomic E-state index is -0.972. The Hall–Kier alpha value is -3.49. The van der Waals surface area contributed by atoms with E-state index in [1.54, 1.807) is 12.1 Å². The van der Waals surface area contributed by atoms with Gasteiger partial charge in [-0.05, 0) is 73.6 Å². The Kier molecular flexibility index (Phi) is 9.20. The van der Waals surface area contributed by atoms with E-state index in [0.29, 0.717) is 42.7 Å². The summed E-state index contributed by atoms with van der Waals surface area (Å²) in [5.74, 6) is -2.99. The molecule has 2 aromatic rings. The highest BCUT2D eigenvalue weighted by Gasteiger charge is 2.54. The van der Waals surface area contributed by atoms with Gasteiger partial charge in [-0.25, -0.2) is 4.39 Å². The number of fused-ring (bicyclic) bond motifs is 1. The largest absolute Gasteiger partial charge is 0.505 e. The van der Waals surface area contributed by atoms with Crippen LogP contribution >= 0.6 is 0 Å². The summed E-state index contributed by atoms with van der Waals surface area (Å²) in [5.41, 5.74) is 2.77. The molecule has 1 aliphatic heterocycles. The van der Waals surface area contributed by atoms with Crippen LogP contribution in [0.5, 0.6) is 11.5 Å². The first-order valence-corrected chi connectivity index (χ1v) is 13.4. The third kappa shape index (κ3) is 6.23. The number of allylic oxidation sites excluding steroid dienone is 1. The minimum Gasteiger partial charge on any atom is -0.505 e. The summed E-state index contributed by atoms with van der Waals surface area (Å²) in [6, 6.07) is 13.4. The first kappa shape index (κ1) is 28.5. The summed E-state index contributed by atoms with van der Waals surface area (Å²) in [6.07, 6.45) is 2.52. The van der Waals surface area contributed by atoms with Crippen LogP contribution in [0.4, 0.5) is 4.39 Å². The van der Waals surface area contributed by atoms with Crippen LogP contribution in [0.15, 0.2) is 65.3 Å². The minimum absolute atomic E-state index is 0.132. The first-order valence-electron chi connectivity index (χ1n) is 13.4. The zero-order chi connectivity index (χ0) is 28.1. The predicted molar refractivity (Wildman–Crippen MR) is 145 cm³/mol. The molecule has 3 N–H and O–H groups in total. The van der Waals surface area contributed by atoms with Gasteiger partial charge in [-0.1, -0.05) is 42.8 Å². The quantitative estimate of drug-likeness (QED) is 0.288. The second kappa shape index (κ2) is 12.6. The molecule has 2 aromatic carbocycles. The molecule has 8 heteroatoms. The lowest BCUT2D eigenvalue weighted by atomic mass is 9.68. The second-order valence-electron chi connectivity index (χ2n) is 10.4.